The third kappa shape index (κ3) is 4.91. The van der Waals surface area contributed by atoms with Gasteiger partial charge < -0.3 is 9.47 Å². The predicted octanol–water partition coefficient (Wildman–Crippen LogP) is 2.86. The fraction of sp³-hybridized carbons (Fsp3) is 0.478. The molecule has 3 rings (SSSR count). The highest BCUT2D eigenvalue weighted by Crippen LogP contribution is 2.33. The molecule has 1 aliphatic rings. The molecule has 0 aliphatic carbocycles. The summed E-state index contributed by atoms with van der Waals surface area (Å²) < 4.78 is 28.2. The van der Waals surface area contributed by atoms with Gasteiger partial charge in [0.05, 0.1) is 10.9 Å². The maximum absolute atomic E-state index is 13.1. The van der Waals surface area contributed by atoms with E-state index in [0.717, 1.165) is 29.5 Å². The topological polar surface area (TPSA) is 79.7 Å². The van der Waals surface area contributed by atoms with Crippen LogP contribution >= 0.6 is 0 Å². The first-order valence-electron chi connectivity index (χ1n) is 10.8. The van der Waals surface area contributed by atoms with Crippen molar-refractivity contribution in [1.29, 1.82) is 0 Å². The van der Waals surface area contributed by atoms with E-state index < -0.39 is 15.6 Å². The number of sulfonamides is 1. The van der Waals surface area contributed by atoms with Gasteiger partial charge in [0, 0.05) is 31.9 Å². The summed E-state index contributed by atoms with van der Waals surface area (Å²) in [5, 5.41) is 0. The molecular formula is C23H31N3O4S. The van der Waals surface area contributed by atoms with Crippen molar-refractivity contribution in [2.75, 3.05) is 19.6 Å². The lowest BCUT2D eigenvalue weighted by Crippen LogP contribution is -2.37. The van der Waals surface area contributed by atoms with E-state index >= 15 is 0 Å². The summed E-state index contributed by atoms with van der Waals surface area (Å²) in [7, 11) is -3.71. The van der Waals surface area contributed by atoms with Crippen molar-refractivity contribution < 1.29 is 13.2 Å². The third-order valence-corrected chi connectivity index (χ3v) is 7.84. The molecule has 0 spiro atoms. The number of likely N-dealkylation sites (tertiary alicyclic amines) is 1. The van der Waals surface area contributed by atoms with Crippen LogP contribution in [-0.4, -0.2) is 47.7 Å². The number of aryl methyl sites for hydroxylation is 2. The van der Waals surface area contributed by atoms with Crippen LogP contribution in [0.5, 0.6) is 0 Å². The highest BCUT2D eigenvalue weighted by atomic mass is 32.2. The van der Waals surface area contributed by atoms with E-state index in [0.29, 0.717) is 19.6 Å². The number of carbonyl (C=O) groups excluding carboxylic acids is 1. The second kappa shape index (κ2) is 9.36. The summed E-state index contributed by atoms with van der Waals surface area (Å²) >= 11 is 0. The molecule has 7 nitrogen and oxygen atoms in total. The number of amides is 1. The number of rotatable bonds is 7. The molecule has 1 aromatic carbocycles. The van der Waals surface area contributed by atoms with Crippen LogP contribution in [0.25, 0.3) is 0 Å². The van der Waals surface area contributed by atoms with Gasteiger partial charge in [-0.2, -0.15) is 4.31 Å². The van der Waals surface area contributed by atoms with Crippen molar-refractivity contribution in [3.05, 3.63) is 63.6 Å². The Balaban J connectivity index is 1.87. The number of nitrogens with zero attached hydrogens (tertiary/aromatic N) is 3. The molecule has 0 saturated carbocycles. The van der Waals surface area contributed by atoms with E-state index in [-0.39, 0.29) is 23.4 Å². The first kappa shape index (κ1) is 23.2. The summed E-state index contributed by atoms with van der Waals surface area (Å²) in [6.45, 7) is 8.73. The van der Waals surface area contributed by atoms with Crippen LogP contribution in [0.4, 0.5) is 0 Å². The highest BCUT2D eigenvalue weighted by molar-refractivity contribution is 7.89. The summed E-state index contributed by atoms with van der Waals surface area (Å²) in [5.74, 6) is -0.179. The van der Waals surface area contributed by atoms with Gasteiger partial charge in [-0.3, -0.25) is 9.59 Å². The Bertz CT molecular complexity index is 1100. The van der Waals surface area contributed by atoms with Gasteiger partial charge in [0.2, 0.25) is 15.9 Å². The number of hydrogen-bond donors (Lipinski definition) is 0. The lowest BCUT2D eigenvalue weighted by Gasteiger charge is -2.26. The van der Waals surface area contributed by atoms with Gasteiger partial charge in [-0.15, -0.1) is 0 Å². The van der Waals surface area contributed by atoms with E-state index in [4.69, 9.17) is 0 Å². The first-order valence-corrected chi connectivity index (χ1v) is 12.2. The normalized spacial score (nSPS) is 16.8. The molecule has 0 bridgehead atoms. The fourth-order valence-corrected chi connectivity index (χ4v) is 5.83. The zero-order valence-electron chi connectivity index (χ0n) is 18.7. The monoisotopic (exact) mass is 445 g/mol. The maximum Gasteiger partial charge on any atom is 0.251 e. The number of aromatic nitrogens is 1. The molecule has 168 valence electrons. The van der Waals surface area contributed by atoms with Gasteiger partial charge in [-0.1, -0.05) is 43.2 Å². The maximum atomic E-state index is 13.1. The first-order chi connectivity index (χ1) is 14.7. The smallest absolute Gasteiger partial charge is 0.251 e. The van der Waals surface area contributed by atoms with Crippen LogP contribution in [0.2, 0.25) is 0 Å². The second-order valence-corrected chi connectivity index (χ2v) is 10.0. The summed E-state index contributed by atoms with van der Waals surface area (Å²) in [6, 6.07) is 8.82. The average Bonchev–Trinajstić information content (AvgIpc) is 3.19. The summed E-state index contributed by atoms with van der Waals surface area (Å²) in [5.41, 5.74) is 3.02. The van der Waals surface area contributed by atoms with Crippen LogP contribution in [0.15, 0.2) is 46.2 Å². The minimum atomic E-state index is -3.71. The molecule has 1 fully saturated rings. The molecule has 1 aromatic heterocycles. The minimum absolute atomic E-state index is 0.0237. The van der Waals surface area contributed by atoms with Crippen molar-refractivity contribution in [3.8, 4) is 0 Å². The lowest BCUT2D eigenvalue weighted by molar-refractivity contribution is -0.132. The van der Waals surface area contributed by atoms with E-state index in [1.807, 2.05) is 18.7 Å². The summed E-state index contributed by atoms with van der Waals surface area (Å²) in [6.07, 6.45) is 3.06. The standard InChI is InChI=1S/C23H31N3O4S/c1-5-25(6-2)31(29,30)20-9-10-22(27)24(15-20)16-23(28)26-11-7-8-21(26)19-13-17(3)12-18(4)14-19/h9-10,12-15,21H,5-8,11,16H2,1-4H3. The molecule has 31 heavy (non-hydrogen) atoms. The number of hydrogen-bond acceptors (Lipinski definition) is 4. The van der Waals surface area contributed by atoms with E-state index in [9.17, 15) is 18.0 Å². The molecule has 1 amide bonds. The van der Waals surface area contributed by atoms with Crippen LogP contribution in [0.1, 0.15) is 49.4 Å². The van der Waals surface area contributed by atoms with E-state index in [2.05, 4.69) is 18.2 Å². The zero-order valence-corrected chi connectivity index (χ0v) is 19.5. The van der Waals surface area contributed by atoms with Crippen molar-refractivity contribution in [2.45, 2.75) is 58.0 Å². The lowest BCUT2D eigenvalue weighted by atomic mass is 9.99. The molecule has 2 heterocycles. The van der Waals surface area contributed by atoms with Gasteiger partial charge in [-0.25, -0.2) is 8.42 Å². The van der Waals surface area contributed by atoms with Crippen molar-refractivity contribution in [2.24, 2.45) is 0 Å². The molecule has 0 N–H and O–H groups in total. The number of benzene rings is 1. The van der Waals surface area contributed by atoms with Gasteiger partial charge in [-0.05, 0) is 38.3 Å². The Morgan fingerprint density at radius 2 is 1.74 bits per heavy atom. The van der Waals surface area contributed by atoms with Gasteiger partial charge >= 0.3 is 0 Å². The average molecular weight is 446 g/mol. The summed E-state index contributed by atoms with van der Waals surface area (Å²) in [4.78, 5) is 27.4. The van der Waals surface area contributed by atoms with Crippen molar-refractivity contribution in [1.82, 2.24) is 13.8 Å². The Labute approximate surface area is 184 Å². The fourth-order valence-electron chi connectivity index (χ4n) is 4.35. The largest absolute Gasteiger partial charge is 0.334 e. The molecular weight excluding hydrogens is 414 g/mol. The molecule has 2 aromatic rings. The van der Waals surface area contributed by atoms with Gasteiger partial charge in [0.15, 0.2) is 0 Å². The van der Waals surface area contributed by atoms with E-state index in [1.165, 1.54) is 27.2 Å². The highest BCUT2D eigenvalue weighted by Gasteiger charge is 2.30. The SMILES string of the molecule is CCN(CC)S(=O)(=O)c1ccc(=O)n(CC(=O)N2CCCC2c2cc(C)cc(C)c2)c1. The second-order valence-electron chi connectivity index (χ2n) is 8.09. The predicted molar refractivity (Wildman–Crippen MR) is 120 cm³/mol. The molecule has 8 heteroatoms. The molecule has 1 atom stereocenters. The Hall–Kier alpha value is -2.45. The molecule has 1 saturated heterocycles. The number of pyridine rings is 1. The van der Waals surface area contributed by atoms with E-state index in [1.54, 1.807) is 13.8 Å². The van der Waals surface area contributed by atoms with Crippen LogP contribution in [-0.2, 0) is 21.4 Å². The molecule has 1 unspecified atom stereocenters. The zero-order chi connectivity index (χ0) is 22.8. The number of carbonyl (C=O) groups is 1. The van der Waals surface area contributed by atoms with Gasteiger partial charge in [0.25, 0.3) is 5.56 Å². The quantitative estimate of drug-likeness (QED) is 0.656. The van der Waals surface area contributed by atoms with Crippen LogP contribution in [0, 0.1) is 13.8 Å². The minimum Gasteiger partial charge on any atom is -0.334 e. The Morgan fingerprint density at radius 1 is 1.10 bits per heavy atom. The van der Waals surface area contributed by atoms with Crippen LogP contribution < -0.4 is 5.56 Å². The van der Waals surface area contributed by atoms with Crippen molar-refractivity contribution >= 4 is 15.9 Å². The molecule has 0 radical (unpaired) electrons. The third-order valence-electron chi connectivity index (χ3n) is 5.81. The Morgan fingerprint density at radius 3 is 2.35 bits per heavy atom. The van der Waals surface area contributed by atoms with Gasteiger partial charge in [0.1, 0.15) is 6.54 Å². The Kier molecular flexibility index (Phi) is 7.01. The van der Waals surface area contributed by atoms with Crippen LogP contribution in [0.3, 0.4) is 0 Å². The van der Waals surface area contributed by atoms with Crippen molar-refractivity contribution in [3.63, 3.8) is 0 Å². The molecule has 1 aliphatic heterocycles.